The van der Waals surface area contributed by atoms with E-state index in [4.69, 9.17) is 51.6 Å². The zero-order valence-electron chi connectivity index (χ0n) is 38.6. The summed E-state index contributed by atoms with van der Waals surface area (Å²) in [6.07, 6.45) is 11.6. The Bertz CT molecular complexity index is 2620. The van der Waals surface area contributed by atoms with Crippen LogP contribution in [0.4, 0.5) is 11.6 Å². The maximum absolute atomic E-state index is 12.0. The maximum Gasteiger partial charge on any atom is 0.229 e. The fourth-order valence-electron chi connectivity index (χ4n) is 9.53. The van der Waals surface area contributed by atoms with Crippen molar-refractivity contribution in [3.8, 4) is 0 Å². The van der Waals surface area contributed by atoms with Crippen molar-refractivity contribution >= 4 is 86.7 Å². The number of sulfonamides is 1. The number of fused-ring (bicyclic) bond motifs is 4. The lowest BCUT2D eigenvalue weighted by molar-refractivity contribution is -0.198. The first-order valence-electron chi connectivity index (χ1n) is 22.3. The SMILES string of the molecule is CN(C[C@H]1O[C@@H](n2ncc3c(NC4CCCC4)nc(Cl)nc32)[C@@H]2OC(C)(C)O[C@@H]21)S(C)(=O)=O.CNC[C@H]1O[C@@H](n2ncc3c(NC4CCCC4)nc(Cl)nc32)[C@@H]2OC(C)(C)O[C@@H]21.CS(=O)(=O)Cl. The predicted molar refractivity (Wildman–Crippen MR) is 250 cm³/mol. The molecule has 22 nitrogen and oxygen atoms in total. The van der Waals surface area contributed by atoms with Gasteiger partial charge in [-0.15, -0.1) is 0 Å². The van der Waals surface area contributed by atoms with Crippen LogP contribution >= 0.6 is 33.9 Å². The van der Waals surface area contributed by atoms with Crippen LogP contribution in [0.1, 0.15) is 91.5 Å². The molecule has 3 N–H and O–H groups in total. The minimum absolute atomic E-state index is 0.108. The highest BCUT2D eigenvalue weighted by atomic mass is 35.7. The molecular weight excluding hydrogens is 979 g/mol. The highest BCUT2D eigenvalue weighted by molar-refractivity contribution is 8.13. The van der Waals surface area contributed by atoms with E-state index in [1.165, 1.54) is 37.0 Å². The highest BCUT2D eigenvalue weighted by Gasteiger charge is 2.58. The fraction of sp³-hybridized carbons (Fsp3) is 0.750. The number of likely N-dealkylation sites (N-methyl/N-ethyl adjacent to an activating group) is 2. The summed E-state index contributed by atoms with van der Waals surface area (Å²) in [6, 6.07) is 0.755. The number of hydrogen-bond acceptors (Lipinski definition) is 19. The number of rotatable bonds is 11. The molecule has 8 heterocycles. The van der Waals surface area contributed by atoms with Gasteiger partial charge >= 0.3 is 0 Å². The molecule has 0 aromatic carbocycles. The molecule has 2 aliphatic carbocycles. The normalized spacial score (nSPS) is 29.3. The van der Waals surface area contributed by atoms with E-state index in [0.717, 1.165) is 54.8 Å². The van der Waals surface area contributed by atoms with Crippen LogP contribution in [0.15, 0.2) is 12.4 Å². The molecule has 67 heavy (non-hydrogen) atoms. The molecule has 27 heteroatoms. The number of anilines is 2. The van der Waals surface area contributed by atoms with Crippen LogP contribution in [0, 0.1) is 0 Å². The third-order valence-corrected chi connectivity index (χ3v) is 14.0. The van der Waals surface area contributed by atoms with Gasteiger partial charge in [-0.2, -0.15) is 30.1 Å². The van der Waals surface area contributed by atoms with Gasteiger partial charge in [-0.3, -0.25) is 0 Å². The molecule has 0 spiro atoms. The number of aromatic nitrogens is 8. The van der Waals surface area contributed by atoms with Crippen LogP contribution < -0.4 is 16.0 Å². The van der Waals surface area contributed by atoms with E-state index >= 15 is 0 Å². The van der Waals surface area contributed by atoms with E-state index in [9.17, 15) is 16.8 Å². The number of hydrogen-bond donors (Lipinski definition) is 3. The summed E-state index contributed by atoms with van der Waals surface area (Å²) < 4.78 is 84.5. The molecule has 0 amide bonds. The summed E-state index contributed by atoms with van der Waals surface area (Å²) in [5.41, 5.74) is 1.15. The Morgan fingerprint density at radius 1 is 0.687 bits per heavy atom. The Morgan fingerprint density at radius 2 is 1.07 bits per heavy atom. The zero-order chi connectivity index (χ0) is 48.2. The Hall–Kier alpha value is -2.85. The molecule has 372 valence electrons. The summed E-state index contributed by atoms with van der Waals surface area (Å²) in [5.74, 6) is -0.142. The zero-order valence-corrected chi connectivity index (χ0v) is 42.5. The molecule has 8 atom stereocenters. The Morgan fingerprint density at radius 3 is 1.48 bits per heavy atom. The van der Waals surface area contributed by atoms with Crippen molar-refractivity contribution in [2.24, 2.45) is 0 Å². The largest absolute Gasteiger partial charge is 0.367 e. The maximum atomic E-state index is 12.0. The van der Waals surface area contributed by atoms with Gasteiger partial charge in [-0.1, -0.05) is 25.7 Å². The number of nitrogens with zero attached hydrogens (tertiary/aromatic N) is 9. The summed E-state index contributed by atoms with van der Waals surface area (Å²) >= 11 is 12.5. The Kier molecular flexibility index (Phi) is 14.9. The van der Waals surface area contributed by atoms with Crippen LogP contribution in [0.2, 0.25) is 10.6 Å². The quantitative estimate of drug-likeness (QED) is 0.135. The molecule has 6 aliphatic rings. The number of ether oxygens (including phenoxy) is 6. The number of halogens is 3. The van der Waals surface area contributed by atoms with Crippen LogP contribution in [-0.2, 0) is 47.5 Å². The minimum atomic E-state index is -3.39. The van der Waals surface area contributed by atoms with Crippen molar-refractivity contribution in [2.75, 3.05) is 50.3 Å². The molecule has 10 rings (SSSR count). The van der Waals surface area contributed by atoms with Crippen LogP contribution in [-0.4, -0.2) is 161 Å². The minimum Gasteiger partial charge on any atom is -0.367 e. The molecule has 0 unspecified atom stereocenters. The molecule has 4 saturated heterocycles. The average molecular weight is 1040 g/mol. The summed E-state index contributed by atoms with van der Waals surface area (Å²) in [7, 11) is 1.33. The van der Waals surface area contributed by atoms with Crippen molar-refractivity contribution < 1.29 is 45.3 Å². The van der Waals surface area contributed by atoms with Gasteiger partial charge in [0.25, 0.3) is 0 Å². The van der Waals surface area contributed by atoms with E-state index in [1.807, 2.05) is 34.7 Å². The molecule has 4 aromatic rings. The van der Waals surface area contributed by atoms with Crippen molar-refractivity contribution in [3.05, 3.63) is 23.0 Å². The predicted octanol–water partition coefficient (Wildman–Crippen LogP) is 4.80. The molecule has 6 fully saturated rings. The Labute approximate surface area is 404 Å². The van der Waals surface area contributed by atoms with Gasteiger partial charge in [0.1, 0.15) is 48.3 Å². The third-order valence-electron chi connectivity index (χ3n) is 12.4. The first kappa shape index (κ1) is 50.5. The average Bonchev–Trinajstić information content (AvgIpc) is 4.07. The van der Waals surface area contributed by atoms with Crippen LogP contribution in [0.5, 0.6) is 0 Å². The van der Waals surface area contributed by atoms with Crippen molar-refractivity contribution in [2.45, 2.75) is 152 Å². The molecule has 0 radical (unpaired) electrons. The fourth-order valence-corrected chi connectivity index (χ4v) is 10.3. The monoisotopic (exact) mass is 1040 g/mol. The second-order valence-electron chi connectivity index (χ2n) is 18.6. The van der Waals surface area contributed by atoms with Crippen molar-refractivity contribution in [3.63, 3.8) is 0 Å². The second kappa shape index (κ2) is 19.7. The van der Waals surface area contributed by atoms with Gasteiger partial charge in [0.05, 0.1) is 35.7 Å². The van der Waals surface area contributed by atoms with E-state index in [2.05, 4.69) is 56.8 Å². The first-order chi connectivity index (χ1) is 31.5. The van der Waals surface area contributed by atoms with E-state index in [1.54, 1.807) is 21.8 Å². The van der Waals surface area contributed by atoms with E-state index in [-0.39, 0.29) is 35.4 Å². The van der Waals surface area contributed by atoms with Gasteiger partial charge in [-0.25, -0.2) is 30.5 Å². The molecule has 2 saturated carbocycles. The topological polar surface area (TPSA) is 250 Å². The van der Waals surface area contributed by atoms with Gasteiger partial charge in [0, 0.05) is 42.9 Å². The van der Waals surface area contributed by atoms with Gasteiger partial charge in [0.15, 0.2) is 35.3 Å². The van der Waals surface area contributed by atoms with Crippen molar-refractivity contribution in [1.82, 2.24) is 49.1 Å². The smallest absolute Gasteiger partial charge is 0.229 e. The summed E-state index contributed by atoms with van der Waals surface area (Å²) in [5, 5.41) is 21.2. The highest BCUT2D eigenvalue weighted by Crippen LogP contribution is 2.46. The van der Waals surface area contributed by atoms with Gasteiger partial charge < -0.3 is 44.4 Å². The number of nitrogens with one attached hydrogen (secondary N) is 3. The lowest BCUT2D eigenvalue weighted by Gasteiger charge is -2.26. The van der Waals surface area contributed by atoms with Crippen LogP contribution in [0.25, 0.3) is 22.1 Å². The third kappa shape index (κ3) is 11.7. The summed E-state index contributed by atoms with van der Waals surface area (Å²) in [6.45, 7) is 8.26. The van der Waals surface area contributed by atoms with Gasteiger partial charge in [0.2, 0.25) is 29.6 Å². The van der Waals surface area contributed by atoms with E-state index < -0.39 is 61.4 Å². The standard InChI is InChI=1S/C20H29ClN6O5S.C19H27ClN6O3.CH3ClO2S/c1-20(2)31-14-13(10-26(3)33(4,28)29)30-18(15(14)32-20)27-17-12(9-22-27)16(24-19(21)25-17)23-11-7-5-6-8-11;1-19(2)28-13-12(9-21-3)27-17(14(13)29-19)26-16-11(8-22-26)15(24-18(20)25-16)23-10-6-4-5-7-10;1-5(2,3)4/h9,11,13-15,18H,5-8,10H2,1-4H3,(H,23,24,25);8,10,12-14,17,21H,4-7,9H2,1-3H3,(H,23,24,25);1H3/t13-,14-,15-,18-;12-,13-,14-,17-;/m11./s1. The Balaban J connectivity index is 0.000000166. The van der Waals surface area contributed by atoms with E-state index in [0.29, 0.717) is 35.7 Å². The first-order valence-corrected chi connectivity index (χ1v) is 27.6. The summed E-state index contributed by atoms with van der Waals surface area (Å²) in [4.78, 5) is 17.7. The molecule has 4 aromatic heterocycles. The molecule has 4 aliphatic heterocycles. The lowest BCUT2D eigenvalue weighted by atomic mass is 10.1. The lowest BCUT2D eigenvalue weighted by Crippen LogP contribution is -2.40. The van der Waals surface area contributed by atoms with Crippen LogP contribution in [0.3, 0.4) is 0 Å². The second-order valence-corrected chi connectivity index (χ2v) is 24.4. The van der Waals surface area contributed by atoms with Gasteiger partial charge in [-0.05, 0) is 83.6 Å². The van der Waals surface area contributed by atoms with Crippen molar-refractivity contribution in [1.29, 1.82) is 0 Å². The molecular formula is C40H59Cl3N12O10S2. The molecule has 0 bridgehead atoms.